The molecule has 0 atom stereocenters. The third-order valence-corrected chi connectivity index (χ3v) is 16.3. The number of aryl methyl sites for hydroxylation is 1. The van der Waals surface area contributed by atoms with Crippen molar-refractivity contribution in [3.8, 4) is 0 Å². The van der Waals surface area contributed by atoms with Crippen LogP contribution in [0, 0.1) is 13.5 Å². The summed E-state index contributed by atoms with van der Waals surface area (Å²) in [5, 5.41) is 8.93. The molecule has 8 rings (SSSR count). The first kappa shape index (κ1) is 52.9. The molecule has 0 fully saturated rings. The van der Waals surface area contributed by atoms with Crippen LogP contribution < -0.4 is 31.8 Å². The van der Waals surface area contributed by atoms with E-state index in [9.17, 15) is 25.2 Å². The minimum absolute atomic E-state index is 0.446. The number of hydrogen-bond acceptors (Lipinski definition) is 0. The van der Waals surface area contributed by atoms with Gasteiger partial charge in [0.2, 0.25) is 0 Å². The van der Waals surface area contributed by atoms with Gasteiger partial charge in [0.1, 0.15) is 23.2 Å². The predicted octanol–water partition coefficient (Wildman–Crippen LogP) is 16.1. The summed E-state index contributed by atoms with van der Waals surface area (Å²) in [5.41, 5.74) is 3.84. The maximum absolute atomic E-state index is 10.7. The molecule has 0 aliphatic carbocycles. The molecule has 65 heavy (non-hydrogen) atoms. The molecule has 0 saturated carbocycles. The molecule has 0 aliphatic heterocycles. The Morgan fingerprint density at radius 3 is 0.954 bits per heavy atom. The Kier molecular flexibility index (Phi) is 19.7. The van der Waals surface area contributed by atoms with Gasteiger partial charge in [0, 0.05) is 0 Å². The minimum atomic E-state index is -10.7. The molecule has 0 radical (unpaired) electrons. The SMILES string of the molecule is Cc1ccc(C(C)C)cc1.F[P-](F)(F)(F)(F)F.[CH-]=C(c1ccccc1)[P+](c1ccccc1)(c1ccccc1)c1ccccc1.[Cl][Ru+].c1ccc(P(c2ccccc2)c2ccccc2)cc1. The van der Waals surface area contributed by atoms with E-state index in [0.717, 1.165) is 10.9 Å². The van der Waals surface area contributed by atoms with Crippen molar-refractivity contribution in [3.63, 3.8) is 0 Å². The summed E-state index contributed by atoms with van der Waals surface area (Å²) >= 11 is 1.82. The largest absolute Gasteiger partial charge is 0.0622 e. The van der Waals surface area contributed by atoms with Gasteiger partial charge >= 0.3 is 60.0 Å². The van der Waals surface area contributed by atoms with Crippen molar-refractivity contribution in [2.24, 2.45) is 0 Å². The van der Waals surface area contributed by atoms with Gasteiger partial charge < -0.3 is 0 Å². The number of hydrogen-bond donors (Lipinski definition) is 0. The van der Waals surface area contributed by atoms with Gasteiger partial charge in [0.05, 0.1) is 0 Å². The third kappa shape index (κ3) is 17.5. The average Bonchev–Trinajstić information content (AvgIpc) is 3.32. The molecule has 0 aromatic heterocycles. The standard InChI is InChI=1S/C26H21P.C18H15P.C10H14.ClH.F6P.Ru/c1-22(23-14-6-2-7-15-23)27(24-16-8-3-9-17-24,25-18-10-4-11-19-25)26-20-12-5-13-21-26;1-4-10-16(11-5-1)19(17-12-6-2-7-13-17)18-14-8-3-9-15-18;1-8(2)10-6-4-9(3)5-7-10;;1-7(2,3,4,5)6;/h1-21H;1-15H;4-8H,1-3H3;1H;;/q;;;;-1;+2/p-1. The Morgan fingerprint density at radius 1 is 0.446 bits per heavy atom. The second kappa shape index (κ2) is 24.2. The molecule has 0 bridgehead atoms. The van der Waals surface area contributed by atoms with Gasteiger partial charge in [-0.3, -0.25) is 0 Å². The van der Waals surface area contributed by atoms with Crippen molar-refractivity contribution in [2.75, 3.05) is 0 Å². The van der Waals surface area contributed by atoms with E-state index in [1.165, 1.54) is 43.0 Å². The molecule has 0 heterocycles. The van der Waals surface area contributed by atoms with Crippen LogP contribution in [-0.4, -0.2) is 0 Å². The number of halogens is 7. The first-order chi connectivity index (χ1) is 30.9. The Bertz CT molecular complexity index is 2370. The first-order valence-electron chi connectivity index (χ1n) is 20.4. The van der Waals surface area contributed by atoms with Crippen LogP contribution in [0.5, 0.6) is 0 Å². The zero-order valence-corrected chi connectivity index (χ0v) is 41.2. The number of benzene rings is 8. The molecule has 0 nitrogen and oxygen atoms in total. The van der Waals surface area contributed by atoms with Gasteiger partial charge in [-0.25, -0.2) is 6.58 Å². The van der Waals surface area contributed by atoms with Gasteiger partial charge in [-0.15, -0.1) is 17.7 Å². The molecule has 0 aliphatic rings. The van der Waals surface area contributed by atoms with Crippen molar-refractivity contribution in [3.05, 3.63) is 260 Å². The molecule has 0 spiro atoms. The maximum Gasteiger partial charge on any atom is -0.0134 e. The maximum atomic E-state index is 9.87. The van der Waals surface area contributed by atoms with Crippen LogP contribution in [0.1, 0.15) is 36.5 Å². The average molecular weight is 1040 g/mol. The Morgan fingerprint density at radius 2 is 0.692 bits per heavy atom. The van der Waals surface area contributed by atoms with E-state index in [1.54, 1.807) is 0 Å². The van der Waals surface area contributed by atoms with Gasteiger partial charge in [-0.05, 0) is 78.6 Å². The van der Waals surface area contributed by atoms with Crippen molar-refractivity contribution >= 4 is 69.8 Å². The van der Waals surface area contributed by atoms with E-state index in [0.29, 0.717) is 5.92 Å². The molecule has 0 saturated heterocycles. The van der Waals surface area contributed by atoms with Gasteiger partial charge in [-0.2, -0.15) is 0 Å². The summed E-state index contributed by atoms with van der Waals surface area (Å²) in [6.45, 7) is 13.6. The third-order valence-electron chi connectivity index (χ3n) is 9.65. The zero-order valence-electron chi connectivity index (χ0n) is 36.0. The quantitative estimate of drug-likeness (QED) is 0.0585. The minimum Gasteiger partial charge on any atom is -0.0622 e. The molecule has 338 valence electrons. The van der Waals surface area contributed by atoms with E-state index in [1.807, 2.05) is 23.4 Å². The normalized spacial score (nSPS) is 11.9. The number of rotatable bonds is 9. The van der Waals surface area contributed by atoms with Crippen LogP contribution in [0.2, 0.25) is 0 Å². The van der Waals surface area contributed by atoms with E-state index < -0.39 is 23.0 Å². The van der Waals surface area contributed by atoms with E-state index in [4.69, 9.17) is 6.58 Å². The van der Waals surface area contributed by atoms with E-state index in [-0.39, 0.29) is 0 Å². The fourth-order valence-electron chi connectivity index (χ4n) is 6.75. The van der Waals surface area contributed by atoms with E-state index in [2.05, 4.69) is 261 Å². The van der Waals surface area contributed by atoms with Gasteiger partial charge in [0.15, 0.2) is 0 Å². The molecule has 8 aromatic carbocycles. The van der Waals surface area contributed by atoms with Crippen LogP contribution in [0.25, 0.3) is 5.31 Å². The second-order valence-electron chi connectivity index (χ2n) is 14.8. The topological polar surface area (TPSA) is 0 Å². The summed E-state index contributed by atoms with van der Waals surface area (Å²) < 4.78 is 59.2. The summed E-state index contributed by atoms with van der Waals surface area (Å²) in [4.78, 5) is 0. The van der Waals surface area contributed by atoms with Gasteiger partial charge in [0.25, 0.3) is 0 Å². The fraction of sp³-hybridized carbons (Fsp3) is 0.0741. The van der Waals surface area contributed by atoms with Crippen molar-refractivity contribution in [1.29, 1.82) is 0 Å². The molecular formula is C54H50ClF6P3Ru. The summed E-state index contributed by atoms with van der Waals surface area (Å²) in [6, 6.07) is 83.5. The zero-order chi connectivity index (χ0) is 47.4. The summed E-state index contributed by atoms with van der Waals surface area (Å²) in [5.74, 6) is 0.653. The first-order valence-corrected chi connectivity index (χ1v) is 27.8. The smallest absolute Gasteiger partial charge is 0.0134 e. The predicted molar refractivity (Wildman–Crippen MR) is 269 cm³/mol. The van der Waals surface area contributed by atoms with Crippen LogP contribution in [0.15, 0.2) is 237 Å². The Balaban J connectivity index is 0.000000210. The van der Waals surface area contributed by atoms with Gasteiger partial charge in [-0.1, -0.05) is 213 Å². The van der Waals surface area contributed by atoms with Crippen LogP contribution >= 0.6 is 32.7 Å². The molecule has 11 heteroatoms. The van der Waals surface area contributed by atoms with Crippen LogP contribution in [0.3, 0.4) is 0 Å². The van der Waals surface area contributed by atoms with Crippen molar-refractivity contribution in [2.45, 2.75) is 26.7 Å². The van der Waals surface area contributed by atoms with E-state index >= 15 is 0 Å². The Labute approximate surface area is 396 Å². The second-order valence-corrected chi connectivity index (χ2v) is 22.3. The summed E-state index contributed by atoms with van der Waals surface area (Å²) in [6.07, 6.45) is 0. The van der Waals surface area contributed by atoms with Crippen molar-refractivity contribution < 1.29 is 42.5 Å². The monoisotopic (exact) mass is 1040 g/mol. The Hall–Kier alpha value is -4.72. The van der Waals surface area contributed by atoms with Crippen LogP contribution in [-0.2, 0) is 17.3 Å². The molecule has 0 amide bonds. The molecule has 0 N–H and O–H groups in total. The van der Waals surface area contributed by atoms with Crippen molar-refractivity contribution in [1.82, 2.24) is 0 Å². The molecule has 0 unspecified atom stereocenters. The molecular weight excluding hydrogens is 992 g/mol. The summed E-state index contributed by atoms with van der Waals surface area (Å²) in [7, 11) is -8.71. The fourth-order valence-corrected chi connectivity index (χ4v) is 13.2. The molecule has 8 aromatic rings. The van der Waals surface area contributed by atoms with Crippen LogP contribution in [0.4, 0.5) is 25.2 Å².